The normalized spacial score (nSPS) is 16.4. The predicted octanol–water partition coefficient (Wildman–Crippen LogP) is 0.875. The number of nitrogens with zero attached hydrogens (tertiary/aromatic N) is 1. The molecule has 0 aliphatic heterocycles. The Morgan fingerprint density at radius 3 is 2.73 bits per heavy atom. The van der Waals surface area contributed by atoms with Crippen LogP contribution < -0.4 is 9.88 Å². The molecule has 7 heteroatoms. The first kappa shape index (κ1) is 11.1. The largest absolute Gasteiger partial charge is 0.487 e. The molecule has 1 aromatic heterocycles. The first-order valence-corrected chi connectivity index (χ1v) is 6.94. The van der Waals surface area contributed by atoms with E-state index in [9.17, 15) is 8.42 Å². The zero-order valence-corrected chi connectivity index (χ0v) is 10.7. The third-order valence-electron chi connectivity index (χ3n) is 1.92. The summed E-state index contributed by atoms with van der Waals surface area (Å²) in [7, 11) is -3.74. The minimum Gasteiger partial charge on any atom is -0.487 e. The molecule has 0 aromatic carbocycles. The molecule has 1 saturated carbocycles. The van der Waals surface area contributed by atoms with Gasteiger partial charge in [0.2, 0.25) is 10.0 Å². The lowest BCUT2D eigenvalue weighted by Crippen LogP contribution is -2.15. The Bertz CT molecular complexity index is 485. The number of ether oxygens (including phenoxy) is 1. The van der Waals surface area contributed by atoms with Crippen LogP contribution in [0.5, 0.6) is 5.75 Å². The number of rotatable bonds is 3. The van der Waals surface area contributed by atoms with Crippen molar-refractivity contribution in [3.8, 4) is 5.75 Å². The van der Waals surface area contributed by atoms with Crippen LogP contribution in [0, 0.1) is 3.70 Å². The molecule has 0 amide bonds. The van der Waals surface area contributed by atoms with E-state index in [1.54, 1.807) is 0 Å². The van der Waals surface area contributed by atoms with Crippen molar-refractivity contribution in [2.24, 2.45) is 5.14 Å². The Labute approximate surface area is 101 Å². The summed E-state index contributed by atoms with van der Waals surface area (Å²) in [6, 6.07) is 1.41. The molecular weight excluding hydrogens is 331 g/mol. The van der Waals surface area contributed by atoms with Crippen LogP contribution in [-0.2, 0) is 10.0 Å². The van der Waals surface area contributed by atoms with Gasteiger partial charge in [-0.25, -0.2) is 18.5 Å². The van der Waals surface area contributed by atoms with Crippen LogP contribution in [0.2, 0.25) is 0 Å². The smallest absolute Gasteiger partial charge is 0.241 e. The fourth-order valence-corrected chi connectivity index (χ4v) is 2.40. The Balaban J connectivity index is 2.43. The van der Waals surface area contributed by atoms with Gasteiger partial charge in [-0.05, 0) is 41.5 Å². The molecule has 1 aliphatic carbocycles. The highest BCUT2D eigenvalue weighted by Gasteiger charge is 2.26. The van der Waals surface area contributed by atoms with Gasteiger partial charge in [0.05, 0.1) is 12.3 Å². The highest BCUT2D eigenvalue weighted by Crippen LogP contribution is 2.30. The summed E-state index contributed by atoms with van der Waals surface area (Å²) in [4.78, 5) is 3.98. The third kappa shape index (κ3) is 2.79. The maximum Gasteiger partial charge on any atom is 0.241 e. The van der Waals surface area contributed by atoms with Crippen molar-refractivity contribution in [3.63, 3.8) is 0 Å². The quantitative estimate of drug-likeness (QED) is 0.654. The summed E-state index contributed by atoms with van der Waals surface area (Å²) in [5.41, 5.74) is 0. The SMILES string of the molecule is NS(=O)(=O)c1cc(I)ncc1OC1CC1. The highest BCUT2D eigenvalue weighted by atomic mass is 127. The summed E-state index contributed by atoms with van der Waals surface area (Å²) < 4.78 is 28.5. The van der Waals surface area contributed by atoms with Crippen LogP contribution in [0.25, 0.3) is 0 Å². The molecule has 5 nitrogen and oxygen atoms in total. The van der Waals surface area contributed by atoms with Crippen LogP contribution >= 0.6 is 22.6 Å². The van der Waals surface area contributed by atoms with Gasteiger partial charge in [0.15, 0.2) is 5.75 Å². The maximum atomic E-state index is 11.3. The zero-order valence-electron chi connectivity index (χ0n) is 7.68. The lowest BCUT2D eigenvalue weighted by Gasteiger charge is -2.08. The summed E-state index contributed by atoms with van der Waals surface area (Å²) in [5.74, 6) is 0.250. The molecule has 82 valence electrons. The average Bonchev–Trinajstić information content (AvgIpc) is 2.90. The third-order valence-corrected chi connectivity index (χ3v) is 3.44. The molecule has 15 heavy (non-hydrogen) atoms. The average molecular weight is 340 g/mol. The topological polar surface area (TPSA) is 82.3 Å². The fraction of sp³-hybridized carbons (Fsp3) is 0.375. The number of pyridine rings is 1. The van der Waals surface area contributed by atoms with E-state index in [-0.39, 0.29) is 16.7 Å². The maximum absolute atomic E-state index is 11.3. The number of aromatic nitrogens is 1. The van der Waals surface area contributed by atoms with E-state index in [0.29, 0.717) is 3.70 Å². The van der Waals surface area contributed by atoms with Crippen molar-refractivity contribution >= 4 is 32.6 Å². The van der Waals surface area contributed by atoms with Crippen LogP contribution in [-0.4, -0.2) is 19.5 Å². The van der Waals surface area contributed by atoms with Crippen molar-refractivity contribution in [3.05, 3.63) is 16.0 Å². The Hall–Kier alpha value is -0.410. The van der Waals surface area contributed by atoms with Gasteiger partial charge in [-0.1, -0.05) is 0 Å². The van der Waals surface area contributed by atoms with Crippen molar-refractivity contribution in [2.75, 3.05) is 0 Å². The predicted molar refractivity (Wildman–Crippen MR) is 62.0 cm³/mol. The first-order chi connectivity index (χ1) is 6.97. The van der Waals surface area contributed by atoms with Gasteiger partial charge in [-0.15, -0.1) is 0 Å². The molecule has 0 atom stereocenters. The van der Waals surface area contributed by atoms with E-state index in [1.807, 2.05) is 22.6 Å². The molecule has 1 aromatic rings. The van der Waals surface area contributed by atoms with E-state index < -0.39 is 10.0 Å². The van der Waals surface area contributed by atoms with Crippen LogP contribution in [0.4, 0.5) is 0 Å². The minimum absolute atomic E-state index is 0.00815. The zero-order chi connectivity index (χ0) is 11.1. The molecule has 2 N–H and O–H groups in total. The van der Waals surface area contributed by atoms with E-state index in [4.69, 9.17) is 9.88 Å². The van der Waals surface area contributed by atoms with Crippen LogP contribution in [0.1, 0.15) is 12.8 Å². The Morgan fingerprint density at radius 2 is 2.20 bits per heavy atom. The molecule has 1 heterocycles. The molecule has 0 spiro atoms. The fourth-order valence-electron chi connectivity index (χ4n) is 1.08. The van der Waals surface area contributed by atoms with Gasteiger partial charge in [0.1, 0.15) is 8.60 Å². The van der Waals surface area contributed by atoms with Crippen molar-refractivity contribution < 1.29 is 13.2 Å². The second-order valence-electron chi connectivity index (χ2n) is 3.32. The molecule has 0 radical (unpaired) electrons. The summed E-state index contributed by atoms with van der Waals surface area (Å²) in [6.07, 6.45) is 3.43. The first-order valence-electron chi connectivity index (χ1n) is 4.32. The summed E-state index contributed by atoms with van der Waals surface area (Å²) >= 11 is 1.92. The Kier molecular flexibility index (Phi) is 2.86. The summed E-state index contributed by atoms with van der Waals surface area (Å²) in [6.45, 7) is 0. The van der Waals surface area contributed by atoms with E-state index in [2.05, 4.69) is 4.98 Å². The molecule has 0 bridgehead atoms. The van der Waals surface area contributed by atoms with Gasteiger partial charge >= 0.3 is 0 Å². The molecule has 1 fully saturated rings. The van der Waals surface area contributed by atoms with Gasteiger partial charge in [-0.3, -0.25) is 0 Å². The number of sulfonamides is 1. The Morgan fingerprint density at radius 1 is 1.53 bits per heavy atom. The molecular formula is C8H9IN2O3S. The van der Waals surface area contributed by atoms with Crippen molar-refractivity contribution in [1.29, 1.82) is 0 Å². The van der Waals surface area contributed by atoms with Gasteiger partial charge < -0.3 is 4.74 Å². The van der Waals surface area contributed by atoms with Crippen LogP contribution in [0.15, 0.2) is 17.2 Å². The number of hydrogen-bond acceptors (Lipinski definition) is 4. The number of primary sulfonamides is 1. The molecule has 0 unspecified atom stereocenters. The number of hydrogen-bond donors (Lipinski definition) is 1. The lowest BCUT2D eigenvalue weighted by atomic mass is 10.4. The minimum atomic E-state index is -3.74. The van der Waals surface area contributed by atoms with Gasteiger partial charge in [0.25, 0.3) is 0 Å². The standard InChI is InChI=1S/C8H9IN2O3S/c9-8-3-7(15(10,12)13)6(4-11-8)14-5-1-2-5/h3-5H,1-2H2,(H2,10,12,13). The van der Waals surface area contributed by atoms with E-state index in [0.717, 1.165) is 12.8 Å². The van der Waals surface area contributed by atoms with E-state index >= 15 is 0 Å². The summed E-state index contributed by atoms with van der Waals surface area (Å²) in [5, 5.41) is 5.08. The monoisotopic (exact) mass is 340 g/mol. The van der Waals surface area contributed by atoms with Gasteiger partial charge in [-0.2, -0.15) is 0 Å². The van der Waals surface area contributed by atoms with E-state index in [1.165, 1.54) is 12.3 Å². The number of halogens is 1. The second-order valence-corrected chi connectivity index (χ2v) is 5.95. The lowest BCUT2D eigenvalue weighted by molar-refractivity contribution is 0.293. The number of nitrogens with two attached hydrogens (primary N) is 1. The van der Waals surface area contributed by atoms with Crippen molar-refractivity contribution in [1.82, 2.24) is 4.98 Å². The molecule has 1 aliphatic rings. The second kappa shape index (κ2) is 3.87. The van der Waals surface area contributed by atoms with Crippen LogP contribution in [0.3, 0.4) is 0 Å². The molecule has 0 saturated heterocycles. The van der Waals surface area contributed by atoms with Crippen molar-refractivity contribution in [2.45, 2.75) is 23.8 Å². The molecule has 2 rings (SSSR count). The van der Waals surface area contributed by atoms with Gasteiger partial charge in [0, 0.05) is 0 Å². The highest BCUT2D eigenvalue weighted by molar-refractivity contribution is 14.1.